The molecule has 1 atom stereocenters. The minimum Gasteiger partial charge on any atom is -0.380 e. The first-order valence-electron chi connectivity index (χ1n) is 8.02. The van der Waals surface area contributed by atoms with E-state index in [1.165, 1.54) is 5.56 Å². The molecule has 0 radical (unpaired) electrons. The summed E-state index contributed by atoms with van der Waals surface area (Å²) in [6.45, 7) is 5.93. The van der Waals surface area contributed by atoms with E-state index in [0.29, 0.717) is 11.1 Å². The van der Waals surface area contributed by atoms with E-state index >= 15 is 0 Å². The number of benzene rings is 2. The zero-order chi connectivity index (χ0) is 17.3. The number of Topliss-reactive ketones (excluding diaryl/α,β-unsaturated/α-hetero) is 1. The Morgan fingerprint density at radius 2 is 1.58 bits per heavy atom. The van der Waals surface area contributed by atoms with Crippen molar-refractivity contribution in [2.45, 2.75) is 26.9 Å². The lowest BCUT2D eigenvalue weighted by atomic mass is 10.0. The van der Waals surface area contributed by atoms with Crippen LogP contribution in [0.4, 0.5) is 0 Å². The number of aliphatic hydroxyl groups is 1. The maximum Gasteiger partial charge on any atom is 0.197 e. The zero-order valence-corrected chi connectivity index (χ0v) is 14.2. The second kappa shape index (κ2) is 6.46. The van der Waals surface area contributed by atoms with Crippen molar-refractivity contribution in [3.8, 4) is 5.69 Å². The lowest BCUT2D eigenvalue weighted by molar-refractivity contribution is 0.0747. The second-order valence-corrected chi connectivity index (χ2v) is 6.13. The topological polar surface area (TPSA) is 42.2 Å². The Morgan fingerprint density at radius 1 is 0.958 bits per heavy atom. The van der Waals surface area contributed by atoms with Crippen LogP contribution in [0.3, 0.4) is 0 Å². The summed E-state index contributed by atoms with van der Waals surface area (Å²) < 4.78 is 2.05. The molecule has 3 aromatic rings. The molecule has 1 aromatic heterocycles. The fraction of sp³-hybridized carbons (Fsp3) is 0.190. The Labute approximate surface area is 142 Å². The fourth-order valence-corrected chi connectivity index (χ4v) is 3.04. The van der Waals surface area contributed by atoms with E-state index in [0.717, 1.165) is 17.1 Å². The number of hydrogen-bond donors (Lipinski definition) is 1. The average Bonchev–Trinajstić information content (AvgIpc) is 2.90. The Bertz CT molecular complexity index is 861. The summed E-state index contributed by atoms with van der Waals surface area (Å²) in [6, 6.07) is 19.1. The molecule has 0 saturated carbocycles. The van der Waals surface area contributed by atoms with E-state index in [4.69, 9.17) is 0 Å². The molecule has 0 fully saturated rings. The molecule has 0 aliphatic rings. The molecule has 0 amide bonds. The summed E-state index contributed by atoms with van der Waals surface area (Å²) in [4.78, 5) is 12.8. The summed E-state index contributed by atoms with van der Waals surface area (Å²) in [6.07, 6.45) is -1.14. The van der Waals surface area contributed by atoms with E-state index in [1.54, 1.807) is 12.1 Å². The molecule has 122 valence electrons. The number of hydrogen-bond acceptors (Lipinski definition) is 2. The van der Waals surface area contributed by atoms with Crippen LogP contribution in [0.15, 0.2) is 60.7 Å². The van der Waals surface area contributed by atoms with Gasteiger partial charge in [0.2, 0.25) is 0 Å². The fourth-order valence-electron chi connectivity index (χ4n) is 3.04. The maximum atomic E-state index is 12.8. The highest BCUT2D eigenvalue weighted by Crippen LogP contribution is 2.26. The van der Waals surface area contributed by atoms with E-state index in [2.05, 4.69) is 12.1 Å². The average molecular weight is 319 g/mol. The molecule has 24 heavy (non-hydrogen) atoms. The standard InChI is InChI=1S/C21H21NO2/c1-14-9-11-18(12-10-14)22-15(2)13-19(16(22)3)21(24)20(23)17-7-5-4-6-8-17/h4-13,20,23H,1-3H3. The summed E-state index contributed by atoms with van der Waals surface area (Å²) in [7, 11) is 0. The largest absolute Gasteiger partial charge is 0.380 e. The van der Waals surface area contributed by atoms with Crippen LogP contribution in [-0.2, 0) is 0 Å². The second-order valence-electron chi connectivity index (χ2n) is 6.13. The Hall–Kier alpha value is -2.65. The minimum absolute atomic E-state index is 0.271. The van der Waals surface area contributed by atoms with Crippen molar-refractivity contribution in [3.05, 3.63) is 88.7 Å². The van der Waals surface area contributed by atoms with E-state index in [-0.39, 0.29) is 5.78 Å². The van der Waals surface area contributed by atoms with Crippen molar-refractivity contribution in [2.24, 2.45) is 0 Å². The predicted octanol–water partition coefficient (Wildman–Crippen LogP) is 4.32. The van der Waals surface area contributed by atoms with Crippen LogP contribution in [0.2, 0.25) is 0 Å². The molecule has 3 rings (SSSR count). The van der Waals surface area contributed by atoms with Gasteiger partial charge in [-0.3, -0.25) is 4.79 Å². The van der Waals surface area contributed by atoms with Crippen molar-refractivity contribution >= 4 is 5.78 Å². The van der Waals surface area contributed by atoms with Crippen LogP contribution in [0.25, 0.3) is 5.69 Å². The predicted molar refractivity (Wildman–Crippen MR) is 95.7 cm³/mol. The first-order chi connectivity index (χ1) is 11.5. The van der Waals surface area contributed by atoms with Gasteiger partial charge in [-0.05, 0) is 44.5 Å². The molecule has 1 unspecified atom stereocenters. The van der Waals surface area contributed by atoms with E-state index in [9.17, 15) is 9.90 Å². The highest BCUT2D eigenvalue weighted by Gasteiger charge is 2.24. The van der Waals surface area contributed by atoms with Crippen molar-refractivity contribution in [2.75, 3.05) is 0 Å². The van der Waals surface area contributed by atoms with Gasteiger partial charge in [0.15, 0.2) is 5.78 Å². The normalized spacial score (nSPS) is 12.2. The van der Waals surface area contributed by atoms with Crippen molar-refractivity contribution in [3.63, 3.8) is 0 Å². The van der Waals surface area contributed by atoms with Crippen LogP contribution in [0.5, 0.6) is 0 Å². The summed E-state index contributed by atoms with van der Waals surface area (Å²) in [5, 5.41) is 10.4. The third kappa shape index (κ3) is 2.91. The van der Waals surface area contributed by atoms with Gasteiger partial charge < -0.3 is 9.67 Å². The van der Waals surface area contributed by atoms with Crippen LogP contribution >= 0.6 is 0 Å². The molecule has 3 heteroatoms. The lowest BCUT2D eigenvalue weighted by Gasteiger charge is -2.12. The summed E-state index contributed by atoms with van der Waals surface area (Å²) >= 11 is 0. The van der Waals surface area contributed by atoms with Gasteiger partial charge in [0.1, 0.15) is 6.10 Å². The number of carbonyl (C=O) groups excluding carboxylic acids is 1. The number of ketones is 1. The first kappa shape index (κ1) is 16.2. The molecule has 0 spiro atoms. The van der Waals surface area contributed by atoms with Gasteiger partial charge >= 0.3 is 0 Å². The van der Waals surface area contributed by atoms with Gasteiger partial charge in [-0.15, -0.1) is 0 Å². The number of rotatable bonds is 4. The minimum atomic E-state index is -1.14. The van der Waals surface area contributed by atoms with E-state index < -0.39 is 6.10 Å². The molecule has 2 aromatic carbocycles. The quantitative estimate of drug-likeness (QED) is 0.728. The molecule has 3 nitrogen and oxygen atoms in total. The molecule has 0 aliphatic carbocycles. The summed E-state index contributed by atoms with van der Waals surface area (Å²) in [5.41, 5.74) is 5.20. The SMILES string of the molecule is Cc1ccc(-n2c(C)cc(C(=O)C(O)c3ccccc3)c2C)cc1. The van der Waals surface area contributed by atoms with Crippen molar-refractivity contribution in [1.82, 2.24) is 4.57 Å². The Kier molecular flexibility index (Phi) is 4.36. The van der Waals surface area contributed by atoms with Crippen LogP contribution in [0.1, 0.15) is 39.0 Å². The number of aryl methyl sites for hydroxylation is 2. The Morgan fingerprint density at radius 3 is 2.21 bits per heavy atom. The van der Waals surface area contributed by atoms with Gasteiger partial charge in [-0.1, -0.05) is 48.0 Å². The van der Waals surface area contributed by atoms with Crippen LogP contribution in [0, 0.1) is 20.8 Å². The highest BCUT2D eigenvalue weighted by atomic mass is 16.3. The van der Waals surface area contributed by atoms with E-state index in [1.807, 2.05) is 61.7 Å². The van der Waals surface area contributed by atoms with Gasteiger partial charge in [0, 0.05) is 22.6 Å². The number of aromatic nitrogens is 1. The zero-order valence-electron chi connectivity index (χ0n) is 14.2. The third-order valence-corrected chi connectivity index (χ3v) is 4.35. The van der Waals surface area contributed by atoms with Gasteiger partial charge in [-0.25, -0.2) is 0 Å². The number of aliphatic hydroxyl groups excluding tert-OH is 1. The molecule has 0 bridgehead atoms. The highest BCUT2D eigenvalue weighted by molar-refractivity contribution is 6.01. The smallest absolute Gasteiger partial charge is 0.197 e. The maximum absolute atomic E-state index is 12.8. The molecule has 1 N–H and O–H groups in total. The van der Waals surface area contributed by atoms with Crippen molar-refractivity contribution in [1.29, 1.82) is 0 Å². The van der Waals surface area contributed by atoms with Gasteiger partial charge in [0.25, 0.3) is 0 Å². The van der Waals surface area contributed by atoms with Gasteiger partial charge in [0.05, 0.1) is 0 Å². The molecular formula is C21H21NO2. The van der Waals surface area contributed by atoms with Crippen LogP contribution in [-0.4, -0.2) is 15.5 Å². The first-order valence-corrected chi connectivity index (χ1v) is 8.02. The monoisotopic (exact) mass is 319 g/mol. The van der Waals surface area contributed by atoms with Crippen LogP contribution < -0.4 is 0 Å². The lowest BCUT2D eigenvalue weighted by Crippen LogP contribution is -2.13. The third-order valence-electron chi connectivity index (χ3n) is 4.35. The number of nitrogens with zero attached hydrogens (tertiary/aromatic N) is 1. The molecule has 0 saturated heterocycles. The van der Waals surface area contributed by atoms with Gasteiger partial charge in [-0.2, -0.15) is 0 Å². The van der Waals surface area contributed by atoms with Crippen molar-refractivity contribution < 1.29 is 9.90 Å². The summed E-state index contributed by atoms with van der Waals surface area (Å²) in [5.74, 6) is -0.271. The molecule has 0 aliphatic heterocycles. The number of carbonyl (C=O) groups is 1. The molecular weight excluding hydrogens is 298 g/mol. The Balaban J connectivity index is 1.99. The molecule has 1 heterocycles.